The van der Waals surface area contributed by atoms with E-state index in [1.807, 2.05) is 12.1 Å². The normalized spacial score (nSPS) is 22.7. The Morgan fingerprint density at radius 2 is 1.27 bits per heavy atom. The molecule has 1 fully saturated rings. The van der Waals surface area contributed by atoms with Crippen LogP contribution in [-0.2, 0) is 10.8 Å². The van der Waals surface area contributed by atoms with Gasteiger partial charge in [0.05, 0.1) is 16.5 Å². The largest absolute Gasteiger partial charge is 0.438 e. The minimum absolute atomic E-state index is 0.141. The summed E-state index contributed by atoms with van der Waals surface area (Å²) >= 11 is 0. The molecule has 0 radical (unpaired) electrons. The van der Waals surface area contributed by atoms with Crippen molar-refractivity contribution in [1.82, 2.24) is 9.97 Å². The van der Waals surface area contributed by atoms with E-state index in [9.17, 15) is 0 Å². The number of hydrogen-bond donors (Lipinski definition) is 0. The molecule has 7 aromatic rings. The second-order valence-electron chi connectivity index (χ2n) is 13.5. The van der Waals surface area contributed by atoms with E-state index in [-0.39, 0.29) is 10.8 Å². The van der Waals surface area contributed by atoms with E-state index < -0.39 is 5.41 Å². The molecule has 0 saturated heterocycles. The summed E-state index contributed by atoms with van der Waals surface area (Å²) in [7, 11) is 0. The monoisotopic (exact) mass is 580 g/mol. The average molecular weight is 581 g/mol. The lowest BCUT2D eigenvalue weighted by Gasteiger charge is -2.57. The molecule has 1 saturated carbocycles. The first-order valence-electron chi connectivity index (χ1n) is 16.2. The van der Waals surface area contributed by atoms with Gasteiger partial charge in [0.25, 0.3) is 0 Å². The smallest absolute Gasteiger partial charge is 0.231 e. The molecule has 0 unspecified atom stereocenters. The van der Waals surface area contributed by atoms with Crippen molar-refractivity contribution in [2.24, 2.45) is 5.41 Å². The van der Waals surface area contributed by atoms with E-state index in [0.717, 1.165) is 27.6 Å². The zero-order valence-electron chi connectivity index (χ0n) is 25.3. The summed E-state index contributed by atoms with van der Waals surface area (Å²) in [5.41, 5.74) is 8.30. The van der Waals surface area contributed by atoms with Crippen molar-refractivity contribution in [2.45, 2.75) is 43.4 Å². The Morgan fingerprint density at radius 1 is 0.622 bits per heavy atom. The van der Waals surface area contributed by atoms with Crippen LogP contribution in [0.15, 0.2) is 132 Å². The molecule has 216 valence electrons. The molecule has 0 atom stereocenters. The fraction of sp³-hybridized carbons (Fsp3) is 0.190. The first kappa shape index (κ1) is 25.3. The summed E-state index contributed by atoms with van der Waals surface area (Å²) in [4.78, 5) is 10.7. The van der Waals surface area contributed by atoms with Crippen molar-refractivity contribution in [3.63, 3.8) is 0 Å². The van der Waals surface area contributed by atoms with Gasteiger partial charge in [0, 0.05) is 16.4 Å². The predicted octanol–water partition coefficient (Wildman–Crippen LogP) is 10.3. The van der Waals surface area contributed by atoms with Crippen molar-refractivity contribution in [1.29, 1.82) is 0 Å². The van der Waals surface area contributed by atoms with Crippen LogP contribution in [0.3, 0.4) is 0 Å². The van der Waals surface area contributed by atoms with Gasteiger partial charge >= 0.3 is 0 Å². The van der Waals surface area contributed by atoms with Crippen LogP contribution in [0.4, 0.5) is 0 Å². The highest BCUT2D eigenvalue weighted by molar-refractivity contribution is 6.06. The van der Waals surface area contributed by atoms with Crippen molar-refractivity contribution in [3.8, 4) is 11.4 Å². The summed E-state index contributed by atoms with van der Waals surface area (Å²) < 4.78 is 6.55. The predicted molar refractivity (Wildman–Crippen MR) is 182 cm³/mol. The molecule has 4 aliphatic carbocycles. The van der Waals surface area contributed by atoms with Gasteiger partial charge in [-0.15, -0.1) is 0 Å². The number of rotatable bonds is 3. The Bertz CT molecular complexity index is 2320. The molecule has 3 nitrogen and oxygen atoms in total. The maximum atomic E-state index is 6.55. The number of para-hydroxylation sites is 1. The van der Waals surface area contributed by atoms with Crippen LogP contribution in [0.1, 0.15) is 60.6 Å². The number of nitrogens with zero attached hydrogens (tertiary/aromatic N) is 2. The molecule has 2 aromatic heterocycles. The maximum Gasteiger partial charge on any atom is 0.231 e. The lowest BCUT2D eigenvalue weighted by atomic mass is 9.45. The standard InChI is InChI=1S/C42H32N2O/c1-40(22-10-11-23-40)42-25-24-41(31-15-5-7-17-33(31)42,32-16-6-8-18-34(32)42)37-36-30-14-4-9-19-35(30)45-39(36)44-38(43-37)29-21-20-27-12-2-3-13-28(27)26-29/h2-9,12-21,24-26H,10-11,22-23H2,1H3. The molecular formula is C42H32N2O. The first-order chi connectivity index (χ1) is 22.1. The topological polar surface area (TPSA) is 38.9 Å². The highest BCUT2D eigenvalue weighted by Crippen LogP contribution is 2.67. The molecule has 2 bridgehead atoms. The third-order valence-electron chi connectivity index (χ3n) is 11.4. The van der Waals surface area contributed by atoms with Gasteiger partial charge < -0.3 is 4.42 Å². The molecular weight excluding hydrogens is 548 g/mol. The summed E-state index contributed by atoms with van der Waals surface area (Å²) in [6.07, 6.45) is 10.1. The van der Waals surface area contributed by atoms with E-state index in [0.29, 0.717) is 11.5 Å². The van der Waals surface area contributed by atoms with Crippen LogP contribution in [-0.4, -0.2) is 9.97 Å². The quantitative estimate of drug-likeness (QED) is 0.195. The SMILES string of the molecule is CC1(C23C=CC(c4nc(-c5ccc6ccccc6c5)nc5oc6ccccc6c45)(c4ccccc42)c2ccccc23)CCCC1. The number of allylic oxidation sites excluding steroid dienone is 2. The maximum absolute atomic E-state index is 6.55. The minimum atomic E-state index is -0.594. The average Bonchev–Trinajstić information content (AvgIpc) is 3.72. The second kappa shape index (κ2) is 8.79. The first-order valence-corrected chi connectivity index (χ1v) is 16.2. The Kier molecular flexibility index (Phi) is 4.95. The Balaban J connectivity index is 1.35. The molecule has 2 heterocycles. The Labute approximate surface area is 262 Å². The molecule has 45 heavy (non-hydrogen) atoms. The lowest BCUT2D eigenvalue weighted by molar-refractivity contribution is 0.212. The third-order valence-corrected chi connectivity index (χ3v) is 11.4. The van der Waals surface area contributed by atoms with Gasteiger partial charge in [-0.2, -0.15) is 4.98 Å². The van der Waals surface area contributed by atoms with Crippen molar-refractivity contribution in [2.75, 3.05) is 0 Å². The summed E-state index contributed by atoms with van der Waals surface area (Å²) in [5, 5.41) is 4.41. The van der Waals surface area contributed by atoms with Gasteiger partial charge in [0.2, 0.25) is 5.71 Å². The number of benzene rings is 5. The zero-order chi connectivity index (χ0) is 29.8. The lowest BCUT2D eigenvalue weighted by Crippen LogP contribution is -2.53. The van der Waals surface area contributed by atoms with Crippen LogP contribution in [0.2, 0.25) is 0 Å². The van der Waals surface area contributed by atoms with Crippen molar-refractivity contribution < 1.29 is 4.42 Å². The van der Waals surface area contributed by atoms with Crippen LogP contribution >= 0.6 is 0 Å². The third kappa shape index (κ3) is 3.11. The number of hydrogen-bond acceptors (Lipinski definition) is 3. The number of aromatic nitrogens is 2. The summed E-state index contributed by atoms with van der Waals surface area (Å²) in [6, 6.07) is 41.6. The Hall–Kier alpha value is -5.02. The highest BCUT2D eigenvalue weighted by Gasteiger charge is 2.61. The second-order valence-corrected chi connectivity index (χ2v) is 13.5. The molecule has 5 aromatic carbocycles. The molecule has 0 amide bonds. The van der Waals surface area contributed by atoms with E-state index >= 15 is 0 Å². The minimum Gasteiger partial charge on any atom is -0.438 e. The van der Waals surface area contributed by atoms with Crippen LogP contribution in [0.5, 0.6) is 0 Å². The van der Waals surface area contributed by atoms with Gasteiger partial charge in [0.1, 0.15) is 5.58 Å². The van der Waals surface area contributed by atoms with E-state index in [2.05, 4.69) is 122 Å². The number of fused-ring (bicyclic) bond motifs is 4. The van der Waals surface area contributed by atoms with E-state index in [4.69, 9.17) is 14.4 Å². The van der Waals surface area contributed by atoms with Crippen LogP contribution in [0.25, 0.3) is 44.2 Å². The van der Waals surface area contributed by atoms with Gasteiger partial charge in [-0.1, -0.05) is 135 Å². The highest BCUT2D eigenvalue weighted by atomic mass is 16.3. The molecule has 0 N–H and O–H groups in total. The molecule has 11 rings (SSSR count). The molecule has 3 heteroatoms. The summed E-state index contributed by atoms with van der Waals surface area (Å²) in [6.45, 7) is 2.53. The van der Waals surface area contributed by atoms with Gasteiger partial charge in [-0.05, 0) is 63.4 Å². The molecule has 4 aliphatic rings. The zero-order valence-corrected chi connectivity index (χ0v) is 25.3. The number of furan rings is 1. The van der Waals surface area contributed by atoms with Gasteiger partial charge in [0.15, 0.2) is 5.82 Å². The van der Waals surface area contributed by atoms with Crippen LogP contribution < -0.4 is 0 Å². The fourth-order valence-electron chi connectivity index (χ4n) is 9.34. The summed E-state index contributed by atoms with van der Waals surface area (Å²) in [5.74, 6) is 0.685. The molecule has 0 aliphatic heterocycles. The van der Waals surface area contributed by atoms with Crippen LogP contribution in [0, 0.1) is 5.41 Å². The van der Waals surface area contributed by atoms with E-state index in [1.54, 1.807) is 0 Å². The van der Waals surface area contributed by atoms with Crippen molar-refractivity contribution in [3.05, 3.63) is 155 Å². The van der Waals surface area contributed by atoms with Gasteiger partial charge in [-0.25, -0.2) is 4.98 Å². The fourth-order valence-corrected chi connectivity index (χ4v) is 9.34. The molecule has 0 spiro atoms. The van der Waals surface area contributed by atoms with Gasteiger partial charge in [-0.3, -0.25) is 0 Å². The Morgan fingerprint density at radius 3 is 2.02 bits per heavy atom. The van der Waals surface area contributed by atoms with Crippen molar-refractivity contribution >= 4 is 32.8 Å². The van der Waals surface area contributed by atoms with E-state index in [1.165, 1.54) is 58.7 Å².